The van der Waals surface area contributed by atoms with Crippen LogP contribution in [0, 0.1) is 10.1 Å². The molecular formula is C18H15Cl3N4O3S. The van der Waals surface area contributed by atoms with Gasteiger partial charge < -0.3 is 9.80 Å². The topological polar surface area (TPSA) is 78.7 Å². The van der Waals surface area contributed by atoms with Gasteiger partial charge in [0.1, 0.15) is 5.69 Å². The van der Waals surface area contributed by atoms with Gasteiger partial charge in [0, 0.05) is 37.8 Å². The summed E-state index contributed by atoms with van der Waals surface area (Å²) in [5, 5.41) is 15.2. The van der Waals surface area contributed by atoms with E-state index in [0.717, 1.165) is 0 Å². The van der Waals surface area contributed by atoms with E-state index in [0.29, 0.717) is 47.5 Å². The maximum Gasteiger partial charge on any atom is 0.294 e. The first-order valence-electron chi connectivity index (χ1n) is 8.51. The number of hydrogen-bond acceptors (Lipinski definition) is 5. The lowest BCUT2D eigenvalue weighted by molar-refractivity contribution is -0.384. The molecule has 0 unspecified atom stereocenters. The molecule has 1 aliphatic rings. The molecule has 0 radical (unpaired) electrons. The number of nitrogens with zero attached hydrogens (tertiary/aromatic N) is 3. The van der Waals surface area contributed by atoms with Gasteiger partial charge >= 0.3 is 0 Å². The highest BCUT2D eigenvalue weighted by atomic mass is 35.5. The standard InChI is InChI=1S/C18H15Cl3N4O3S/c19-12-5-4-11(10-14(12)21)17(26)22-18(29)24-8-6-23(7-9-24)16-13(20)2-1-3-15(16)25(27)28/h1-5,10H,6-9H2,(H,22,26,29). The molecule has 1 fully saturated rings. The fraction of sp³-hybridized carbons (Fsp3) is 0.222. The Kier molecular flexibility index (Phi) is 6.79. The Balaban J connectivity index is 1.64. The van der Waals surface area contributed by atoms with Gasteiger partial charge in [0.25, 0.3) is 11.6 Å². The molecule has 1 heterocycles. The van der Waals surface area contributed by atoms with Gasteiger partial charge in [-0.15, -0.1) is 0 Å². The van der Waals surface area contributed by atoms with E-state index in [4.69, 9.17) is 47.0 Å². The number of anilines is 1. The van der Waals surface area contributed by atoms with Crippen LogP contribution in [-0.2, 0) is 0 Å². The Morgan fingerprint density at radius 1 is 1.03 bits per heavy atom. The van der Waals surface area contributed by atoms with Crippen LogP contribution in [0.4, 0.5) is 11.4 Å². The van der Waals surface area contributed by atoms with Gasteiger partial charge in [-0.3, -0.25) is 20.2 Å². The molecular weight excluding hydrogens is 459 g/mol. The first kappa shape index (κ1) is 21.6. The van der Waals surface area contributed by atoms with Gasteiger partial charge in [0.2, 0.25) is 0 Å². The van der Waals surface area contributed by atoms with Gasteiger partial charge in [-0.1, -0.05) is 40.9 Å². The number of para-hydroxylation sites is 1. The lowest BCUT2D eigenvalue weighted by atomic mass is 10.2. The quantitative estimate of drug-likeness (QED) is 0.405. The van der Waals surface area contributed by atoms with Crippen LogP contribution < -0.4 is 10.2 Å². The summed E-state index contributed by atoms with van der Waals surface area (Å²) in [7, 11) is 0. The first-order valence-corrected chi connectivity index (χ1v) is 10.1. The Labute approximate surface area is 187 Å². The maximum absolute atomic E-state index is 12.4. The summed E-state index contributed by atoms with van der Waals surface area (Å²) in [6.45, 7) is 1.88. The molecule has 0 aromatic heterocycles. The highest BCUT2D eigenvalue weighted by molar-refractivity contribution is 7.80. The van der Waals surface area contributed by atoms with Crippen molar-refractivity contribution in [2.45, 2.75) is 0 Å². The van der Waals surface area contributed by atoms with Gasteiger partial charge in [0.15, 0.2) is 5.11 Å². The molecule has 2 aromatic carbocycles. The van der Waals surface area contributed by atoms with Gasteiger partial charge in [-0.25, -0.2) is 0 Å². The van der Waals surface area contributed by atoms with Crippen molar-refractivity contribution in [2.24, 2.45) is 0 Å². The minimum Gasteiger partial charge on any atom is -0.361 e. The van der Waals surface area contributed by atoms with Crippen molar-refractivity contribution >= 4 is 69.4 Å². The van der Waals surface area contributed by atoms with Crippen LogP contribution in [0.5, 0.6) is 0 Å². The van der Waals surface area contributed by atoms with E-state index >= 15 is 0 Å². The largest absolute Gasteiger partial charge is 0.361 e. The molecule has 11 heteroatoms. The van der Waals surface area contributed by atoms with Crippen molar-refractivity contribution in [3.8, 4) is 0 Å². The van der Waals surface area contributed by atoms with Crippen LogP contribution in [0.25, 0.3) is 0 Å². The smallest absolute Gasteiger partial charge is 0.294 e. The molecule has 152 valence electrons. The maximum atomic E-state index is 12.4. The van der Waals surface area contributed by atoms with Crippen molar-refractivity contribution in [3.05, 3.63) is 67.1 Å². The summed E-state index contributed by atoms with van der Waals surface area (Å²) in [5.41, 5.74) is 0.693. The highest BCUT2D eigenvalue weighted by Crippen LogP contribution is 2.35. The van der Waals surface area contributed by atoms with Crippen molar-refractivity contribution < 1.29 is 9.72 Å². The second-order valence-corrected chi connectivity index (χ2v) is 7.84. The number of carbonyl (C=O) groups excluding carboxylic acids is 1. The van der Waals surface area contributed by atoms with E-state index in [1.54, 1.807) is 18.2 Å². The zero-order valence-electron chi connectivity index (χ0n) is 14.9. The van der Waals surface area contributed by atoms with Gasteiger partial charge in [-0.2, -0.15) is 0 Å². The van der Waals surface area contributed by atoms with E-state index in [2.05, 4.69) is 5.32 Å². The number of halogens is 3. The fourth-order valence-corrected chi connectivity index (χ4v) is 3.85. The van der Waals surface area contributed by atoms with Crippen LogP contribution in [0.1, 0.15) is 10.4 Å². The Bertz CT molecular complexity index is 981. The SMILES string of the molecule is O=C(NC(=S)N1CCN(c2c(Cl)cccc2[N+](=O)[O-])CC1)c1ccc(Cl)c(Cl)c1. The van der Waals surface area contributed by atoms with E-state index < -0.39 is 10.8 Å². The number of benzene rings is 2. The third kappa shape index (κ3) is 4.90. The summed E-state index contributed by atoms with van der Waals surface area (Å²) < 4.78 is 0. The van der Waals surface area contributed by atoms with Gasteiger partial charge in [0.05, 0.1) is 20.0 Å². The van der Waals surface area contributed by atoms with Gasteiger partial charge in [-0.05, 0) is 36.5 Å². The van der Waals surface area contributed by atoms with Crippen molar-refractivity contribution in [1.29, 1.82) is 0 Å². The molecule has 0 spiro atoms. The zero-order chi connectivity index (χ0) is 21.1. The van der Waals surface area contributed by atoms with Crippen LogP contribution in [0.15, 0.2) is 36.4 Å². The summed E-state index contributed by atoms with van der Waals surface area (Å²) >= 11 is 23.4. The predicted octanol–water partition coefficient (Wildman–Crippen LogP) is 4.39. The fourth-order valence-electron chi connectivity index (χ4n) is 2.98. The Morgan fingerprint density at radius 3 is 2.34 bits per heavy atom. The van der Waals surface area contributed by atoms with Crippen LogP contribution in [0.2, 0.25) is 15.1 Å². The summed E-state index contributed by atoms with van der Waals surface area (Å²) in [4.78, 5) is 26.9. The molecule has 3 rings (SSSR count). The number of hydrogen-bond donors (Lipinski definition) is 1. The molecule has 1 N–H and O–H groups in total. The highest BCUT2D eigenvalue weighted by Gasteiger charge is 2.27. The van der Waals surface area contributed by atoms with E-state index in [9.17, 15) is 14.9 Å². The number of thiocarbonyl (C=S) groups is 1. The third-order valence-corrected chi connectivity index (χ3v) is 5.85. The summed E-state index contributed by atoms with van der Waals surface area (Å²) in [6, 6.07) is 9.16. The summed E-state index contributed by atoms with van der Waals surface area (Å²) in [6.07, 6.45) is 0. The minimum absolute atomic E-state index is 0.0403. The lowest BCUT2D eigenvalue weighted by Gasteiger charge is -2.37. The molecule has 0 bridgehead atoms. The monoisotopic (exact) mass is 472 g/mol. The zero-order valence-corrected chi connectivity index (χ0v) is 18.0. The van der Waals surface area contributed by atoms with Crippen molar-refractivity contribution in [2.75, 3.05) is 31.1 Å². The van der Waals surface area contributed by atoms with E-state index in [1.807, 2.05) is 9.80 Å². The number of piperazine rings is 1. The molecule has 0 saturated carbocycles. The minimum atomic E-state index is -0.449. The Hall–Kier alpha value is -2.13. The number of amides is 1. The number of nitrogens with one attached hydrogen (secondary N) is 1. The average Bonchev–Trinajstić information content (AvgIpc) is 2.69. The number of nitro benzene ring substituents is 1. The average molecular weight is 474 g/mol. The number of carbonyl (C=O) groups is 1. The number of rotatable bonds is 3. The first-order chi connectivity index (χ1) is 13.8. The van der Waals surface area contributed by atoms with E-state index in [-0.39, 0.29) is 15.8 Å². The molecule has 7 nitrogen and oxygen atoms in total. The third-order valence-electron chi connectivity index (χ3n) is 4.45. The molecule has 1 aliphatic heterocycles. The van der Waals surface area contributed by atoms with Crippen LogP contribution >= 0.6 is 47.0 Å². The van der Waals surface area contributed by atoms with Crippen molar-refractivity contribution in [1.82, 2.24) is 10.2 Å². The molecule has 0 aliphatic carbocycles. The summed E-state index contributed by atoms with van der Waals surface area (Å²) in [5.74, 6) is -0.391. The Morgan fingerprint density at radius 2 is 1.72 bits per heavy atom. The lowest BCUT2D eigenvalue weighted by Crippen LogP contribution is -2.52. The molecule has 1 saturated heterocycles. The second-order valence-electron chi connectivity index (χ2n) is 6.23. The second kappa shape index (κ2) is 9.13. The van der Waals surface area contributed by atoms with E-state index in [1.165, 1.54) is 18.2 Å². The normalized spacial score (nSPS) is 13.9. The van der Waals surface area contributed by atoms with Crippen molar-refractivity contribution in [3.63, 3.8) is 0 Å². The van der Waals surface area contributed by atoms with Crippen LogP contribution in [0.3, 0.4) is 0 Å². The molecule has 0 atom stereocenters. The molecule has 29 heavy (non-hydrogen) atoms. The number of nitro groups is 1. The molecule has 1 amide bonds. The van der Waals surface area contributed by atoms with Crippen LogP contribution in [-0.4, -0.2) is 47.0 Å². The predicted molar refractivity (Wildman–Crippen MR) is 118 cm³/mol. The molecule has 2 aromatic rings.